The third-order valence-electron chi connectivity index (χ3n) is 9.32. The van der Waals surface area contributed by atoms with E-state index in [-0.39, 0.29) is 34.7 Å². The van der Waals surface area contributed by atoms with Crippen LogP contribution in [0.4, 0.5) is 9.80 Å². The number of thiophene rings is 1. The third kappa shape index (κ3) is 7.61. The number of nitrogens with one attached hydrogen (secondary N) is 2. The van der Waals surface area contributed by atoms with E-state index in [0.717, 1.165) is 81.2 Å². The first-order valence-electron chi connectivity index (χ1n) is 16.4. The highest BCUT2D eigenvalue weighted by molar-refractivity contribution is 7.89. The topological polar surface area (TPSA) is 125 Å². The van der Waals surface area contributed by atoms with Crippen LogP contribution in [0.3, 0.4) is 0 Å². The number of benzene rings is 1. The molecule has 2 heterocycles. The van der Waals surface area contributed by atoms with Crippen LogP contribution >= 0.6 is 11.3 Å². The molecule has 10 nitrogen and oxygen atoms in total. The minimum atomic E-state index is -3.75. The lowest BCUT2D eigenvalue weighted by Crippen LogP contribution is -2.48. The molecule has 0 radical (unpaired) electrons. The quantitative estimate of drug-likeness (QED) is 0.324. The van der Waals surface area contributed by atoms with Crippen LogP contribution < -0.4 is 10.6 Å². The summed E-state index contributed by atoms with van der Waals surface area (Å²) in [6, 6.07) is 6.48. The van der Waals surface area contributed by atoms with Crippen molar-refractivity contribution in [1.29, 1.82) is 0 Å². The molecule has 2 fully saturated rings. The number of rotatable bonds is 9. The Labute approximate surface area is 270 Å². The highest BCUT2D eigenvalue weighted by Gasteiger charge is 2.38. The molecule has 246 valence electrons. The lowest BCUT2D eigenvalue weighted by Gasteiger charge is -2.40. The van der Waals surface area contributed by atoms with Crippen LogP contribution in [0.1, 0.15) is 116 Å². The lowest BCUT2D eigenvalue weighted by molar-refractivity contribution is 0.0924. The molecule has 0 unspecified atom stereocenters. The number of ether oxygens (including phenoxy) is 1. The van der Waals surface area contributed by atoms with Crippen LogP contribution in [-0.4, -0.2) is 66.8 Å². The molecular weight excluding hydrogens is 613 g/mol. The van der Waals surface area contributed by atoms with Crippen molar-refractivity contribution < 1.29 is 27.5 Å². The summed E-state index contributed by atoms with van der Waals surface area (Å²) in [7, 11) is -3.75. The van der Waals surface area contributed by atoms with Crippen LogP contribution in [0.25, 0.3) is 0 Å². The Morgan fingerprint density at radius 1 is 0.956 bits per heavy atom. The summed E-state index contributed by atoms with van der Waals surface area (Å²) in [6.45, 7) is 7.40. The Bertz CT molecular complexity index is 1460. The van der Waals surface area contributed by atoms with Gasteiger partial charge in [0.1, 0.15) is 5.00 Å². The van der Waals surface area contributed by atoms with Crippen molar-refractivity contribution >= 4 is 44.3 Å². The molecule has 1 aliphatic heterocycles. The minimum absolute atomic E-state index is 0.0190. The molecule has 0 saturated heterocycles. The zero-order chi connectivity index (χ0) is 32.1. The molecule has 2 saturated carbocycles. The largest absolute Gasteiger partial charge is 0.450 e. The van der Waals surface area contributed by atoms with E-state index < -0.39 is 27.9 Å². The van der Waals surface area contributed by atoms with Gasteiger partial charge in [-0.1, -0.05) is 38.5 Å². The van der Waals surface area contributed by atoms with Gasteiger partial charge in [-0.25, -0.2) is 13.2 Å². The van der Waals surface area contributed by atoms with Crippen molar-refractivity contribution in [2.75, 3.05) is 18.5 Å². The monoisotopic (exact) mass is 658 g/mol. The summed E-state index contributed by atoms with van der Waals surface area (Å²) in [6.07, 6.45) is 9.81. The van der Waals surface area contributed by atoms with E-state index in [0.29, 0.717) is 24.0 Å². The van der Waals surface area contributed by atoms with E-state index in [9.17, 15) is 22.8 Å². The molecule has 2 N–H and O–H groups in total. The zero-order valence-electron chi connectivity index (χ0n) is 26.6. The van der Waals surface area contributed by atoms with Crippen LogP contribution in [0.5, 0.6) is 0 Å². The first kappa shape index (κ1) is 33.6. The molecule has 1 aromatic heterocycles. The molecule has 45 heavy (non-hydrogen) atoms. The van der Waals surface area contributed by atoms with E-state index >= 15 is 0 Å². The second kappa shape index (κ2) is 14.7. The molecule has 3 aliphatic rings. The number of carbonyl (C=O) groups is 3. The number of hydrogen-bond donors (Lipinski definition) is 2. The summed E-state index contributed by atoms with van der Waals surface area (Å²) >= 11 is 1.33. The standard InChI is InChI=1S/C33H46N4O6S2/c1-4-43-33(40)35-31(39)29-27-19-20-36(22(2)3)21-28(27)44-32(29)34-30(38)23-15-17-26(18-16-23)45(41,42)37(24-11-7-5-8-12-24)25-13-9-6-10-14-25/h15-18,22,24-25H,4-14,19-21H2,1-3H3,(H,34,38)(H,35,39,40). The van der Waals surface area contributed by atoms with E-state index in [1.54, 1.807) is 6.92 Å². The highest BCUT2D eigenvalue weighted by atomic mass is 32.2. The summed E-state index contributed by atoms with van der Waals surface area (Å²) < 4.78 is 34.9. The van der Waals surface area contributed by atoms with Crippen LogP contribution in [0.2, 0.25) is 0 Å². The van der Waals surface area contributed by atoms with Gasteiger partial charge in [0.25, 0.3) is 11.8 Å². The smallest absolute Gasteiger partial charge is 0.414 e. The summed E-state index contributed by atoms with van der Waals surface area (Å²) in [5.41, 5.74) is 1.37. The fourth-order valence-corrected chi connectivity index (χ4v) is 10.1. The molecule has 3 amide bonds. The van der Waals surface area contributed by atoms with E-state index in [1.165, 1.54) is 35.6 Å². The van der Waals surface area contributed by atoms with Gasteiger partial charge in [0.05, 0.1) is 17.1 Å². The van der Waals surface area contributed by atoms with Gasteiger partial charge in [-0.05, 0) is 82.7 Å². The van der Waals surface area contributed by atoms with Crippen molar-refractivity contribution in [1.82, 2.24) is 14.5 Å². The maximum Gasteiger partial charge on any atom is 0.414 e. The van der Waals surface area contributed by atoms with Gasteiger partial charge in [-0.2, -0.15) is 4.31 Å². The number of imide groups is 1. The molecular formula is C33H46N4O6S2. The number of amides is 3. The summed E-state index contributed by atoms with van der Waals surface area (Å²) in [5.74, 6) is -1.08. The predicted octanol–water partition coefficient (Wildman–Crippen LogP) is 6.31. The molecule has 12 heteroatoms. The van der Waals surface area contributed by atoms with Crippen LogP contribution in [-0.2, 0) is 27.7 Å². The molecule has 1 aromatic carbocycles. The van der Waals surface area contributed by atoms with E-state index in [2.05, 4.69) is 29.4 Å². The van der Waals surface area contributed by atoms with Crippen molar-refractivity contribution in [3.63, 3.8) is 0 Å². The van der Waals surface area contributed by atoms with E-state index in [4.69, 9.17) is 4.74 Å². The fraction of sp³-hybridized carbons (Fsp3) is 0.606. The number of fused-ring (bicyclic) bond motifs is 1. The van der Waals surface area contributed by atoms with Gasteiger partial charge in [0.15, 0.2) is 0 Å². The number of carbonyl (C=O) groups excluding carboxylic acids is 3. The Morgan fingerprint density at radius 3 is 2.11 bits per heavy atom. The van der Waals surface area contributed by atoms with Crippen molar-refractivity contribution in [2.24, 2.45) is 0 Å². The second-order valence-corrected chi connectivity index (χ2v) is 15.5. The third-order valence-corrected chi connectivity index (χ3v) is 12.5. The Hall–Kier alpha value is -2.80. The summed E-state index contributed by atoms with van der Waals surface area (Å²) in [4.78, 5) is 42.3. The number of anilines is 1. The molecule has 2 aliphatic carbocycles. The molecule has 0 atom stereocenters. The molecule has 2 aromatic rings. The first-order chi connectivity index (χ1) is 21.6. The Kier molecular flexibility index (Phi) is 11.0. The molecule has 0 spiro atoms. The second-order valence-electron chi connectivity index (χ2n) is 12.6. The zero-order valence-corrected chi connectivity index (χ0v) is 28.2. The van der Waals surface area contributed by atoms with Gasteiger partial charge in [0.2, 0.25) is 10.0 Å². The lowest BCUT2D eigenvalue weighted by atomic mass is 9.91. The van der Waals surface area contributed by atoms with Crippen LogP contribution in [0.15, 0.2) is 29.2 Å². The number of nitrogens with zero attached hydrogens (tertiary/aromatic N) is 2. The minimum Gasteiger partial charge on any atom is -0.450 e. The maximum absolute atomic E-state index is 14.1. The number of alkyl carbamates (subject to hydrolysis) is 1. The number of sulfonamides is 1. The molecule has 5 rings (SSSR count). The fourth-order valence-electron chi connectivity index (χ4n) is 6.95. The average Bonchev–Trinajstić information content (AvgIpc) is 3.39. The van der Waals surface area contributed by atoms with Crippen molar-refractivity contribution in [3.8, 4) is 0 Å². The summed E-state index contributed by atoms with van der Waals surface area (Å²) in [5, 5.41) is 5.52. The van der Waals surface area contributed by atoms with Crippen molar-refractivity contribution in [2.45, 2.75) is 121 Å². The molecule has 0 bridgehead atoms. The van der Waals surface area contributed by atoms with Gasteiger partial charge < -0.3 is 10.1 Å². The van der Waals surface area contributed by atoms with Crippen LogP contribution in [0, 0.1) is 0 Å². The first-order valence-corrected chi connectivity index (χ1v) is 18.7. The van der Waals surface area contributed by atoms with E-state index in [1.807, 2.05) is 4.31 Å². The van der Waals surface area contributed by atoms with Crippen molar-refractivity contribution in [3.05, 3.63) is 45.8 Å². The highest BCUT2D eigenvalue weighted by Crippen LogP contribution is 2.38. The SMILES string of the molecule is CCOC(=O)NC(=O)c1c(NC(=O)c2ccc(S(=O)(=O)N(C3CCCCC3)C3CCCCC3)cc2)sc2c1CCN(C(C)C)C2. The Morgan fingerprint density at radius 2 is 1.56 bits per heavy atom. The predicted molar refractivity (Wildman–Crippen MR) is 175 cm³/mol. The van der Waals surface area contributed by atoms with Gasteiger partial charge in [-0.3, -0.25) is 19.8 Å². The average molecular weight is 659 g/mol. The van der Waals surface area contributed by atoms with Gasteiger partial charge >= 0.3 is 6.09 Å². The normalized spacial score (nSPS) is 18.5. The Balaban J connectivity index is 1.38. The number of hydrogen-bond acceptors (Lipinski definition) is 8. The van der Waals surface area contributed by atoms with Gasteiger partial charge in [-0.15, -0.1) is 11.3 Å². The maximum atomic E-state index is 14.1. The van der Waals surface area contributed by atoms with Gasteiger partial charge in [0, 0.05) is 41.7 Å².